The summed E-state index contributed by atoms with van der Waals surface area (Å²) in [6, 6.07) is 21.7. The summed E-state index contributed by atoms with van der Waals surface area (Å²) < 4.78 is 0. The number of piperidine rings is 1. The van der Waals surface area contributed by atoms with Crippen molar-refractivity contribution in [2.45, 2.75) is 25.4 Å². The fourth-order valence-electron chi connectivity index (χ4n) is 4.09. The van der Waals surface area contributed by atoms with Gasteiger partial charge in [-0.3, -0.25) is 4.90 Å². The van der Waals surface area contributed by atoms with E-state index in [9.17, 15) is 0 Å². The van der Waals surface area contributed by atoms with Crippen molar-refractivity contribution in [1.29, 1.82) is 0 Å². The zero-order valence-corrected chi connectivity index (χ0v) is 17.1. The van der Waals surface area contributed by atoms with Crippen LogP contribution in [-0.2, 0) is 6.54 Å². The lowest BCUT2D eigenvalue weighted by Crippen LogP contribution is -2.38. The number of fused-ring (bicyclic) bond motifs is 1. The fraction of sp³-hybridized carbons (Fsp3) is 0.250. The maximum absolute atomic E-state index is 4.62. The van der Waals surface area contributed by atoms with E-state index in [1.165, 1.54) is 16.7 Å². The van der Waals surface area contributed by atoms with Gasteiger partial charge in [0.15, 0.2) is 0 Å². The highest BCUT2D eigenvalue weighted by Crippen LogP contribution is 2.36. The topological polar surface area (TPSA) is 41.0 Å². The normalized spacial score (nSPS) is 15.6. The lowest BCUT2D eigenvalue weighted by molar-refractivity contribution is 0.211. The number of hydrogen-bond donors (Lipinski definition) is 1. The molecule has 1 aliphatic heterocycles. The quantitative estimate of drug-likeness (QED) is 0.485. The van der Waals surface area contributed by atoms with Crippen LogP contribution in [0.5, 0.6) is 0 Å². The summed E-state index contributed by atoms with van der Waals surface area (Å²) in [5, 5.41) is 7.08. The van der Waals surface area contributed by atoms with Crippen LogP contribution in [0.4, 0.5) is 5.82 Å². The van der Waals surface area contributed by atoms with Crippen LogP contribution >= 0.6 is 11.3 Å². The number of aromatic nitrogens is 2. The van der Waals surface area contributed by atoms with Gasteiger partial charge in [-0.05, 0) is 24.0 Å². The van der Waals surface area contributed by atoms with Gasteiger partial charge in [-0.25, -0.2) is 9.97 Å². The Bertz CT molecular complexity index is 1070. The molecule has 29 heavy (non-hydrogen) atoms. The predicted molar refractivity (Wildman–Crippen MR) is 121 cm³/mol. The molecule has 4 aromatic rings. The predicted octanol–water partition coefficient (Wildman–Crippen LogP) is 5.43. The van der Waals surface area contributed by atoms with Gasteiger partial charge in [-0.1, -0.05) is 60.7 Å². The summed E-state index contributed by atoms with van der Waals surface area (Å²) in [6.07, 6.45) is 3.94. The summed E-state index contributed by atoms with van der Waals surface area (Å²) in [5.74, 6) is 0.969. The molecule has 1 N–H and O–H groups in total. The lowest BCUT2D eigenvalue weighted by Gasteiger charge is -2.32. The van der Waals surface area contributed by atoms with Crippen LogP contribution in [0, 0.1) is 0 Å². The minimum Gasteiger partial charge on any atom is -0.367 e. The minimum absolute atomic E-state index is 0.448. The third kappa shape index (κ3) is 4.02. The third-order valence-corrected chi connectivity index (χ3v) is 6.52. The van der Waals surface area contributed by atoms with E-state index < -0.39 is 0 Å². The Morgan fingerprint density at radius 3 is 2.41 bits per heavy atom. The van der Waals surface area contributed by atoms with E-state index in [0.717, 1.165) is 48.5 Å². The van der Waals surface area contributed by atoms with Crippen LogP contribution in [0.3, 0.4) is 0 Å². The zero-order valence-electron chi connectivity index (χ0n) is 16.3. The molecule has 146 valence electrons. The number of benzene rings is 2. The first-order valence-electron chi connectivity index (χ1n) is 10.2. The van der Waals surface area contributed by atoms with Crippen molar-refractivity contribution in [3.8, 4) is 11.1 Å². The molecule has 0 bridgehead atoms. The highest BCUT2D eigenvalue weighted by atomic mass is 32.1. The van der Waals surface area contributed by atoms with Crippen molar-refractivity contribution < 1.29 is 0 Å². The number of anilines is 1. The number of nitrogens with zero attached hydrogens (tertiary/aromatic N) is 3. The Labute approximate surface area is 175 Å². The Hall–Kier alpha value is -2.76. The van der Waals surface area contributed by atoms with Crippen LogP contribution < -0.4 is 5.32 Å². The van der Waals surface area contributed by atoms with E-state index in [1.54, 1.807) is 17.7 Å². The summed E-state index contributed by atoms with van der Waals surface area (Å²) in [6.45, 7) is 3.25. The van der Waals surface area contributed by atoms with Gasteiger partial charge in [-0.2, -0.15) is 0 Å². The molecule has 5 heteroatoms. The molecule has 0 saturated carbocycles. The van der Waals surface area contributed by atoms with E-state index in [2.05, 4.69) is 86.2 Å². The molecule has 0 radical (unpaired) electrons. The van der Waals surface area contributed by atoms with Crippen molar-refractivity contribution in [3.05, 3.63) is 77.9 Å². The average molecular weight is 401 g/mol. The number of nitrogens with one attached hydrogen (secondary N) is 1. The standard InChI is InChI=1S/C24H24N4S/c1-3-7-18(8-4-1)15-28-13-11-20(12-14-28)27-23-22-21(19-9-5-2-6-10-19)16-29-24(22)26-17-25-23/h1-10,16-17,20H,11-15H2,(H,25,26,27). The molecular weight excluding hydrogens is 376 g/mol. The van der Waals surface area contributed by atoms with Gasteiger partial charge < -0.3 is 5.32 Å². The molecule has 0 aliphatic carbocycles. The van der Waals surface area contributed by atoms with E-state index in [-0.39, 0.29) is 0 Å². The van der Waals surface area contributed by atoms with Crippen molar-refractivity contribution >= 4 is 27.4 Å². The van der Waals surface area contributed by atoms with Crippen LogP contribution in [0.2, 0.25) is 0 Å². The largest absolute Gasteiger partial charge is 0.367 e. The molecule has 4 nitrogen and oxygen atoms in total. The van der Waals surface area contributed by atoms with Crippen LogP contribution in [-0.4, -0.2) is 34.0 Å². The first-order chi connectivity index (χ1) is 14.4. The van der Waals surface area contributed by atoms with Gasteiger partial charge in [-0.15, -0.1) is 11.3 Å². The highest BCUT2D eigenvalue weighted by molar-refractivity contribution is 7.17. The Balaban J connectivity index is 1.31. The van der Waals surface area contributed by atoms with Gasteiger partial charge in [0, 0.05) is 36.6 Å². The molecule has 0 unspecified atom stereocenters. The summed E-state index contributed by atoms with van der Waals surface area (Å²) >= 11 is 1.69. The average Bonchev–Trinajstić information content (AvgIpc) is 3.22. The highest BCUT2D eigenvalue weighted by Gasteiger charge is 2.21. The minimum atomic E-state index is 0.448. The second-order valence-electron chi connectivity index (χ2n) is 7.60. The first-order valence-corrected chi connectivity index (χ1v) is 11.1. The van der Waals surface area contributed by atoms with Gasteiger partial charge >= 0.3 is 0 Å². The Morgan fingerprint density at radius 2 is 1.66 bits per heavy atom. The van der Waals surface area contributed by atoms with Crippen LogP contribution in [0.15, 0.2) is 72.4 Å². The molecule has 1 aliphatic rings. The maximum atomic E-state index is 4.62. The van der Waals surface area contributed by atoms with Crippen LogP contribution in [0.1, 0.15) is 18.4 Å². The molecule has 1 fully saturated rings. The van der Waals surface area contributed by atoms with E-state index in [1.807, 2.05) is 0 Å². The molecule has 3 heterocycles. The summed E-state index contributed by atoms with van der Waals surface area (Å²) in [5.41, 5.74) is 3.83. The molecule has 0 spiro atoms. The fourth-order valence-corrected chi connectivity index (χ4v) is 5.00. The maximum Gasteiger partial charge on any atom is 0.139 e. The number of thiophene rings is 1. The second kappa shape index (κ2) is 8.31. The van der Waals surface area contributed by atoms with Crippen molar-refractivity contribution in [3.63, 3.8) is 0 Å². The van der Waals surface area contributed by atoms with Crippen molar-refractivity contribution in [1.82, 2.24) is 14.9 Å². The summed E-state index contributed by atoms with van der Waals surface area (Å²) in [4.78, 5) is 12.7. The third-order valence-electron chi connectivity index (χ3n) is 5.63. The number of likely N-dealkylation sites (tertiary alicyclic amines) is 1. The van der Waals surface area contributed by atoms with Gasteiger partial charge in [0.1, 0.15) is 17.0 Å². The number of rotatable bonds is 5. The number of hydrogen-bond acceptors (Lipinski definition) is 5. The van der Waals surface area contributed by atoms with Crippen LogP contribution in [0.25, 0.3) is 21.3 Å². The molecular formula is C24H24N4S. The second-order valence-corrected chi connectivity index (χ2v) is 8.46. The first kappa shape index (κ1) is 18.3. The lowest BCUT2D eigenvalue weighted by atomic mass is 10.0. The van der Waals surface area contributed by atoms with E-state index in [4.69, 9.17) is 0 Å². The van der Waals surface area contributed by atoms with Gasteiger partial charge in [0.25, 0.3) is 0 Å². The van der Waals surface area contributed by atoms with E-state index >= 15 is 0 Å². The smallest absolute Gasteiger partial charge is 0.139 e. The Morgan fingerprint density at radius 1 is 0.931 bits per heavy atom. The van der Waals surface area contributed by atoms with E-state index in [0.29, 0.717) is 6.04 Å². The molecule has 1 saturated heterocycles. The molecule has 0 amide bonds. The molecule has 0 atom stereocenters. The Kier molecular flexibility index (Phi) is 5.24. The SMILES string of the molecule is c1ccc(CN2CCC(Nc3ncnc4scc(-c5ccccc5)c34)CC2)cc1. The molecule has 2 aromatic carbocycles. The van der Waals surface area contributed by atoms with Gasteiger partial charge in [0.2, 0.25) is 0 Å². The molecule has 5 rings (SSSR count). The summed E-state index contributed by atoms with van der Waals surface area (Å²) in [7, 11) is 0. The van der Waals surface area contributed by atoms with Crippen molar-refractivity contribution in [2.75, 3.05) is 18.4 Å². The van der Waals surface area contributed by atoms with Crippen molar-refractivity contribution in [2.24, 2.45) is 0 Å². The molecule has 2 aromatic heterocycles. The van der Waals surface area contributed by atoms with Gasteiger partial charge in [0.05, 0.1) is 5.39 Å². The monoisotopic (exact) mass is 400 g/mol. The zero-order chi connectivity index (χ0) is 19.5.